The fourth-order valence-electron chi connectivity index (χ4n) is 4.76. The number of rotatable bonds is 11. The third-order valence-electron chi connectivity index (χ3n) is 7.29. The molecule has 2 aliphatic rings. The van der Waals surface area contributed by atoms with Gasteiger partial charge in [0.15, 0.2) is 5.12 Å². The van der Waals surface area contributed by atoms with Crippen LogP contribution in [0.15, 0.2) is 29.3 Å². The Kier molecular flexibility index (Phi) is 13.8. The molecule has 2 aliphatic heterocycles. The molecule has 2 amide bonds. The molecular formula is C32H46N4O5S2. The molecule has 4 bridgehead atoms. The number of amides is 2. The van der Waals surface area contributed by atoms with Crippen LogP contribution < -0.4 is 10.6 Å². The lowest BCUT2D eigenvalue weighted by Gasteiger charge is -2.27. The van der Waals surface area contributed by atoms with Crippen molar-refractivity contribution in [3.63, 3.8) is 0 Å². The lowest BCUT2D eigenvalue weighted by molar-refractivity contribution is -0.153. The summed E-state index contributed by atoms with van der Waals surface area (Å²) in [4.78, 5) is 61.2. The Hall–Kier alpha value is -2.66. The number of thioether (sulfide) groups is 2. The number of hydrogen-bond acceptors (Lipinski definition) is 9. The van der Waals surface area contributed by atoms with Crippen molar-refractivity contribution in [3.05, 3.63) is 41.2 Å². The highest BCUT2D eigenvalue weighted by Gasteiger charge is 2.41. The van der Waals surface area contributed by atoms with E-state index in [0.29, 0.717) is 30.0 Å². The van der Waals surface area contributed by atoms with Crippen LogP contribution in [0.3, 0.4) is 0 Å². The average Bonchev–Trinajstić information content (AvgIpc) is 3.36. The molecule has 1 unspecified atom stereocenters. The molecule has 0 fully saturated rings. The quantitative estimate of drug-likeness (QED) is 0.192. The van der Waals surface area contributed by atoms with Crippen LogP contribution in [0.4, 0.5) is 0 Å². The number of esters is 1. The zero-order chi connectivity index (χ0) is 31.4. The minimum absolute atomic E-state index is 0.0796. The molecule has 0 spiro atoms. The normalized spacial score (nSPS) is 23.2. The van der Waals surface area contributed by atoms with Crippen molar-refractivity contribution in [1.29, 1.82) is 0 Å². The number of aryl methyl sites for hydroxylation is 1. The lowest BCUT2D eigenvalue weighted by atomic mass is 10.00. The van der Waals surface area contributed by atoms with E-state index < -0.39 is 23.7 Å². The second-order valence-electron chi connectivity index (χ2n) is 11.7. The molecule has 9 nitrogen and oxygen atoms in total. The zero-order valence-electron chi connectivity index (χ0n) is 26.1. The zero-order valence-corrected chi connectivity index (χ0v) is 27.7. The predicted molar refractivity (Wildman–Crippen MR) is 174 cm³/mol. The number of aliphatic imine (C=N–C) groups is 1. The summed E-state index contributed by atoms with van der Waals surface area (Å²) in [6.45, 7) is 9.70. The molecule has 0 aromatic carbocycles. The van der Waals surface area contributed by atoms with Gasteiger partial charge in [0, 0.05) is 29.2 Å². The first-order valence-electron chi connectivity index (χ1n) is 15.3. The molecule has 0 aliphatic carbocycles. The number of fused-ring (bicyclic) bond motifs is 4. The molecule has 236 valence electrons. The number of nitrogens with zero attached hydrogens (tertiary/aromatic N) is 2. The van der Waals surface area contributed by atoms with Crippen molar-refractivity contribution in [3.8, 4) is 0 Å². The molecule has 2 N–H and O–H groups in total. The predicted octanol–water partition coefficient (Wildman–Crippen LogP) is 5.28. The number of pyridine rings is 1. The third kappa shape index (κ3) is 11.1. The number of hydrogen-bond donors (Lipinski definition) is 2. The second kappa shape index (κ2) is 17.0. The molecular weight excluding hydrogens is 585 g/mol. The van der Waals surface area contributed by atoms with E-state index in [4.69, 9.17) is 9.73 Å². The van der Waals surface area contributed by atoms with Gasteiger partial charge in [0.1, 0.15) is 17.7 Å². The molecule has 1 aromatic heterocycles. The number of aromatic nitrogens is 1. The van der Waals surface area contributed by atoms with Gasteiger partial charge in [0.25, 0.3) is 0 Å². The Morgan fingerprint density at radius 2 is 1.98 bits per heavy atom. The van der Waals surface area contributed by atoms with E-state index in [1.165, 1.54) is 42.8 Å². The molecule has 0 saturated carbocycles. The second-order valence-corrected chi connectivity index (χ2v) is 13.8. The Balaban J connectivity index is 1.72. The van der Waals surface area contributed by atoms with E-state index in [9.17, 15) is 19.2 Å². The minimum atomic E-state index is -1.04. The van der Waals surface area contributed by atoms with E-state index >= 15 is 0 Å². The molecule has 0 saturated heterocycles. The number of carbonyl (C=O) groups excluding carboxylic acids is 4. The van der Waals surface area contributed by atoms with E-state index in [0.717, 1.165) is 29.1 Å². The highest BCUT2D eigenvalue weighted by molar-refractivity contribution is 8.14. The summed E-state index contributed by atoms with van der Waals surface area (Å²) >= 11 is 2.79. The summed E-state index contributed by atoms with van der Waals surface area (Å²) < 4.78 is 5.80. The maximum absolute atomic E-state index is 13.4. The number of allylic oxidation sites excluding steroid dienone is 1. The van der Waals surface area contributed by atoms with E-state index in [1.54, 1.807) is 13.0 Å². The van der Waals surface area contributed by atoms with Gasteiger partial charge in [-0.2, -0.15) is 0 Å². The number of carbonyl (C=O) groups is 4. The maximum Gasteiger partial charge on any atom is 0.329 e. The summed E-state index contributed by atoms with van der Waals surface area (Å²) in [5, 5.41) is 6.68. The van der Waals surface area contributed by atoms with Gasteiger partial charge in [-0.15, -0.1) is 11.8 Å². The largest absolute Gasteiger partial charge is 0.456 e. The fourth-order valence-corrected chi connectivity index (χ4v) is 6.69. The molecule has 3 heterocycles. The van der Waals surface area contributed by atoms with Crippen LogP contribution in [0.2, 0.25) is 0 Å². The van der Waals surface area contributed by atoms with Crippen LogP contribution in [0.5, 0.6) is 0 Å². The third-order valence-corrected chi connectivity index (χ3v) is 9.56. The van der Waals surface area contributed by atoms with Crippen LogP contribution >= 0.6 is 23.5 Å². The topological polar surface area (TPSA) is 127 Å². The lowest BCUT2D eigenvalue weighted by Crippen LogP contribution is -2.53. The molecule has 11 heteroatoms. The SMILES string of the molecule is CCCCCCCC(=O)SCC/C=C/[C@@H]1CC(=O)NCc2cc(cc(C)n2)C2=N[C@@](C)(CS2)C(=O)NC(C(C)C)C(=O)O1. The van der Waals surface area contributed by atoms with Crippen LogP contribution in [0, 0.1) is 12.8 Å². The summed E-state index contributed by atoms with van der Waals surface area (Å²) in [7, 11) is 0. The number of ether oxygens (including phenoxy) is 1. The van der Waals surface area contributed by atoms with Gasteiger partial charge >= 0.3 is 5.97 Å². The summed E-state index contributed by atoms with van der Waals surface area (Å²) in [5.74, 6) is -0.441. The van der Waals surface area contributed by atoms with Crippen molar-refractivity contribution in [2.45, 2.75) is 110 Å². The van der Waals surface area contributed by atoms with Crippen LogP contribution in [-0.2, 0) is 30.5 Å². The molecule has 1 aromatic rings. The van der Waals surface area contributed by atoms with Gasteiger partial charge in [-0.3, -0.25) is 24.4 Å². The first kappa shape index (κ1) is 34.8. The van der Waals surface area contributed by atoms with E-state index in [1.807, 2.05) is 39.0 Å². The summed E-state index contributed by atoms with van der Waals surface area (Å²) in [6.07, 6.45) is 9.37. The van der Waals surface area contributed by atoms with Gasteiger partial charge in [-0.25, -0.2) is 4.79 Å². The maximum atomic E-state index is 13.4. The van der Waals surface area contributed by atoms with E-state index in [2.05, 4.69) is 22.5 Å². The Labute approximate surface area is 264 Å². The Morgan fingerprint density at radius 1 is 1.21 bits per heavy atom. The highest BCUT2D eigenvalue weighted by Crippen LogP contribution is 2.32. The molecule has 3 atom stereocenters. The van der Waals surface area contributed by atoms with Crippen LogP contribution in [-0.4, -0.2) is 62.1 Å². The first-order valence-corrected chi connectivity index (χ1v) is 17.3. The average molecular weight is 631 g/mol. The van der Waals surface area contributed by atoms with Crippen molar-refractivity contribution in [1.82, 2.24) is 15.6 Å². The Morgan fingerprint density at radius 3 is 2.72 bits per heavy atom. The Bertz CT molecular complexity index is 1220. The van der Waals surface area contributed by atoms with Gasteiger partial charge < -0.3 is 15.4 Å². The summed E-state index contributed by atoms with van der Waals surface area (Å²) in [6, 6.07) is 2.90. The van der Waals surface area contributed by atoms with Crippen molar-refractivity contribution in [2.24, 2.45) is 10.9 Å². The van der Waals surface area contributed by atoms with Crippen LogP contribution in [0.25, 0.3) is 0 Å². The first-order chi connectivity index (χ1) is 20.5. The fraction of sp³-hybridized carbons (Fsp3) is 0.625. The standard InChI is InChI=1S/C32H46N4O5S2/c1-6-7-8-9-10-14-27(38)42-15-12-11-13-25-18-26(37)33-19-24-17-23(16-22(4)34-24)29-36-32(5,20-43-29)31(40)35-28(21(2)3)30(39)41-25/h11,13,16-17,21,25,28H,6-10,12,14-15,18-20H2,1-5H3,(H,33,37)(H,35,40)/b13-11+/t25-,28?,32+/m1/s1. The molecule has 0 radical (unpaired) electrons. The molecule has 3 rings (SSSR count). The van der Waals surface area contributed by atoms with E-state index in [-0.39, 0.29) is 35.8 Å². The van der Waals surface area contributed by atoms with Gasteiger partial charge in [0.05, 0.1) is 23.7 Å². The smallest absolute Gasteiger partial charge is 0.329 e. The van der Waals surface area contributed by atoms with Crippen molar-refractivity contribution >= 4 is 51.5 Å². The minimum Gasteiger partial charge on any atom is -0.456 e. The van der Waals surface area contributed by atoms with Gasteiger partial charge in [0.2, 0.25) is 11.8 Å². The van der Waals surface area contributed by atoms with Gasteiger partial charge in [-0.05, 0) is 50.8 Å². The number of nitrogens with one attached hydrogen (secondary N) is 2. The number of cyclic esters (lactones) is 1. The number of unbranched alkanes of at least 4 members (excludes halogenated alkanes) is 4. The molecule has 43 heavy (non-hydrogen) atoms. The van der Waals surface area contributed by atoms with Crippen molar-refractivity contribution < 1.29 is 23.9 Å². The van der Waals surface area contributed by atoms with Crippen molar-refractivity contribution in [2.75, 3.05) is 11.5 Å². The highest BCUT2D eigenvalue weighted by atomic mass is 32.2. The summed E-state index contributed by atoms with van der Waals surface area (Å²) in [5.41, 5.74) is 1.26. The monoisotopic (exact) mass is 630 g/mol. The van der Waals surface area contributed by atoms with Crippen LogP contribution in [0.1, 0.15) is 96.0 Å². The van der Waals surface area contributed by atoms with Gasteiger partial charge in [-0.1, -0.05) is 64.3 Å².